The first-order valence-electron chi connectivity index (χ1n) is 10.1. The van der Waals surface area contributed by atoms with Crippen molar-refractivity contribution in [2.45, 2.75) is 51.6 Å². The molecule has 2 aromatic rings. The number of aliphatic carboxylic acids is 2. The van der Waals surface area contributed by atoms with Crippen LogP contribution in [0.3, 0.4) is 0 Å². The molecule has 2 rings (SSSR count). The fourth-order valence-corrected chi connectivity index (χ4v) is 3.15. The number of aromatic amines is 1. The number of nitrogens with one attached hydrogen (secondary N) is 1. The van der Waals surface area contributed by atoms with Gasteiger partial charge in [0, 0.05) is 5.92 Å². The highest BCUT2D eigenvalue weighted by Crippen LogP contribution is 2.31. The standard InChI is InChI=1S/C18H26FN5O2.C2HF3O2/c1-11(2)8-15(18(25)26)14(17-21-23-24-22-17)9-12-5-6-13(4-3-7-20)16(19)10-12;3-2(4,5)1(6)7/h5-6,10-11,14-15H,3-4,7-9,20H2,1-2H3,(H,25,26)(H,21,22,23,24);(H,6,7)/p-1/t14-,15-;/m0./s1. The second kappa shape index (κ2) is 12.8. The second-order valence-electron chi connectivity index (χ2n) is 7.76. The van der Waals surface area contributed by atoms with Crippen molar-refractivity contribution >= 4 is 11.9 Å². The van der Waals surface area contributed by atoms with Gasteiger partial charge in [-0.2, -0.15) is 18.4 Å². The van der Waals surface area contributed by atoms with Crippen molar-refractivity contribution in [1.29, 1.82) is 0 Å². The molecule has 33 heavy (non-hydrogen) atoms. The highest BCUT2D eigenvalue weighted by molar-refractivity contribution is 5.71. The number of nitrogens with two attached hydrogens (primary N) is 1. The van der Waals surface area contributed by atoms with Crippen molar-refractivity contribution in [2.75, 3.05) is 6.54 Å². The third-order valence-corrected chi connectivity index (χ3v) is 4.68. The Bertz CT molecular complexity index is 891. The maximum absolute atomic E-state index is 14.3. The number of hydrogen-bond acceptors (Lipinski definition) is 7. The van der Waals surface area contributed by atoms with Crippen molar-refractivity contribution in [3.63, 3.8) is 0 Å². The predicted octanol–water partition coefficient (Wildman–Crippen LogP) is 1.60. The molecule has 0 spiro atoms. The normalized spacial score (nSPS) is 13.2. The van der Waals surface area contributed by atoms with Crippen molar-refractivity contribution in [3.8, 4) is 0 Å². The first kappa shape index (κ1) is 27.9. The lowest BCUT2D eigenvalue weighted by Gasteiger charge is -2.23. The molecule has 13 heteroatoms. The maximum Gasteiger partial charge on any atom is 0.430 e. The van der Waals surface area contributed by atoms with Crippen molar-refractivity contribution in [2.24, 2.45) is 17.6 Å². The number of nitrogens with zero attached hydrogens (tertiary/aromatic N) is 3. The summed E-state index contributed by atoms with van der Waals surface area (Å²) in [6.07, 6.45) is -3.08. The Morgan fingerprint density at radius 3 is 2.33 bits per heavy atom. The lowest BCUT2D eigenvalue weighted by Crippen LogP contribution is -2.37. The van der Waals surface area contributed by atoms with Gasteiger partial charge in [-0.25, -0.2) is 4.39 Å². The first-order valence-corrected chi connectivity index (χ1v) is 10.1. The molecule has 0 fully saturated rings. The number of benzene rings is 1. The number of carbonyl (C=O) groups is 2. The number of rotatable bonds is 10. The zero-order chi connectivity index (χ0) is 25.2. The minimum absolute atomic E-state index is 0.195. The van der Waals surface area contributed by atoms with Gasteiger partial charge in [0.05, 0.1) is 5.92 Å². The Hall–Kier alpha value is -3.09. The Labute approximate surface area is 187 Å². The van der Waals surface area contributed by atoms with Crippen LogP contribution in [0.2, 0.25) is 0 Å². The van der Waals surface area contributed by atoms with E-state index in [4.69, 9.17) is 15.6 Å². The molecular weight excluding hydrogens is 450 g/mol. The number of carbonyl (C=O) groups excluding carboxylic acids is 1. The van der Waals surface area contributed by atoms with Crippen LogP contribution in [-0.2, 0) is 22.4 Å². The zero-order valence-corrected chi connectivity index (χ0v) is 18.1. The molecule has 184 valence electrons. The molecule has 4 N–H and O–H groups in total. The quantitative estimate of drug-likeness (QED) is 0.436. The van der Waals surface area contributed by atoms with E-state index in [2.05, 4.69) is 20.6 Å². The lowest BCUT2D eigenvalue weighted by atomic mass is 9.81. The summed E-state index contributed by atoms with van der Waals surface area (Å²) in [5.41, 5.74) is 6.81. The van der Waals surface area contributed by atoms with E-state index in [0.29, 0.717) is 42.8 Å². The molecule has 9 nitrogen and oxygen atoms in total. The van der Waals surface area contributed by atoms with E-state index < -0.39 is 30.0 Å². The number of aromatic nitrogens is 4. The summed E-state index contributed by atoms with van der Waals surface area (Å²) in [6, 6.07) is 5.04. The molecule has 0 saturated carbocycles. The largest absolute Gasteiger partial charge is 0.542 e. The molecule has 0 aliphatic carbocycles. The Kier molecular flexibility index (Phi) is 10.9. The van der Waals surface area contributed by atoms with Gasteiger partial charge in [-0.05, 0) is 55.3 Å². The summed E-state index contributed by atoms with van der Waals surface area (Å²) < 4.78 is 45.9. The molecule has 1 aromatic carbocycles. The molecular formula is C20H26F4N5O4-. The van der Waals surface area contributed by atoms with E-state index in [0.717, 1.165) is 6.42 Å². The van der Waals surface area contributed by atoms with Crippen LogP contribution in [0.5, 0.6) is 0 Å². The maximum atomic E-state index is 14.3. The van der Waals surface area contributed by atoms with Crippen molar-refractivity contribution in [3.05, 3.63) is 41.0 Å². The molecule has 0 radical (unpaired) electrons. The number of H-pyrrole nitrogens is 1. The number of carboxylic acids is 2. The number of tetrazole rings is 1. The second-order valence-corrected chi connectivity index (χ2v) is 7.76. The van der Waals surface area contributed by atoms with Crippen LogP contribution in [0.1, 0.15) is 49.6 Å². The van der Waals surface area contributed by atoms with Crippen molar-refractivity contribution < 1.29 is 37.4 Å². The molecule has 1 heterocycles. The fourth-order valence-electron chi connectivity index (χ4n) is 3.15. The van der Waals surface area contributed by atoms with Gasteiger partial charge in [-0.1, -0.05) is 31.2 Å². The third-order valence-electron chi connectivity index (χ3n) is 4.68. The van der Waals surface area contributed by atoms with E-state index in [9.17, 15) is 27.5 Å². The van der Waals surface area contributed by atoms with Crippen LogP contribution in [0.25, 0.3) is 0 Å². The minimum Gasteiger partial charge on any atom is -0.542 e. The highest BCUT2D eigenvalue weighted by atomic mass is 19.4. The van der Waals surface area contributed by atoms with Gasteiger partial charge in [-0.3, -0.25) is 4.79 Å². The van der Waals surface area contributed by atoms with Crippen LogP contribution < -0.4 is 10.8 Å². The lowest BCUT2D eigenvalue weighted by molar-refractivity contribution is -0.344. The van der Waals surface area contributed by atoms with E-state index in [1.807, 2.05) is 19.9 Å². The van der Waals surface area contributed by atoms with Gasteiger partial charge in [-0.15, -0.1) is 10.2 Å². The minimum atomic E-state index is -5.19. The van der Waals surface area contributed by atoms with E-state index in [-0.39, 0.29) is 11.7 Å². The molecule has 1 aromatic heterocycles. The van der Waals surface area contributed by atoms with Gasteiger partial charge in [0.1, 0.15) is 11.8 Å². The number of hydrogen-bond donors (Lipinski definition) is 3. The number of carboxylic acid groups (broad SMARTS) is 2. The predicted molar refractivity (Wildman–Crippen MR) is 106 cm³/mol. The van der Waals surface area contributed by atoms with Crippen LogP contribution in [-0.4, -0.2) is 50.4 Å². The van der Waals surface area contributed by atoms with Gasteiger partial charge >= 0.3 is 12.1 Å². The molecule has 0 bridgehead atoms. The van der Waals surface area contributed by atoms with E-state index in [1.165, 1.54) is 6.07 Å². The van der Waals surface area contributed by atoms with Crippen LogP contribution in [0.4, 0.5) is 17.6 Å². The number of halogens is 4. The monoisotopic (exact) mass is 476 g/mol. The van der Waals surface area contributed by atoms with Gasteiger partial charge in [0.25, 0.3) is 0 Å². The van der Waals surface area contributed by atoms with Gasteiger partial charge < -0.3 is 20.7 Å². The molecule has 2 atom stereocenters. The molecule has 0 saturated heterocycles. The topological polar surface area (TPSA) is 158 Å². The summed E-state index contributed by atoms with van der Waals surface area (Å²) in [5, 5.41) is 32.4. The molecule has 0 aliphatic heterocycles. The highest BCUT2D eigenvalue weighted by Gasteiger charge is 2.33. The van der Waals surface area contributed by atoms with E-state index >= 15 is 0 Å². The molecule has 0 aliphatic rings. The van der Waals surface area contributed by atoms with Crippen molar-refractivity contribution in [1.82, 2.24) is 20.6 Å². The molecule has 0 amide bonds. The SMILES string of the molecule is CC(C)C[C@H](C(=O)O)[C@H](Cc1ccc(CCCN)c(F)c1)c1nn[nH]n1.O=C([O-])C(F)(F)F. The van der Waals surface area contributed by atoms with E-state index in [1.54, 1.807) is 6.07 Å². The fraction of sp³-hybridized carbons (Fsp3) is 0.550. The summed E-state index contributed by atoms with van der Waals surface area (Å²) in [5.74, 6) is -4.83. The Balaban J connectivity index is 0.000000675. The summed E-state index contributed by atoms with van der Waals surface area (Å²) in [6.45, 7) is 4.45. The van der Waals surface area contributed by atoms with Crippen LogP contribution >= 0.6 is 0 Å². The number of alkyl halides is 3. The van der Waals surface area contributed by atoms with Crippen LogP contribution in [0, 0.1) is 17.7 Å². The average molecular weight is 476 g/mol. The zero-order valence-electron chi connectivity index (χ0n) is 18.1. The Morgan fingerprint density at radius 2 is 1.91 bits per heavy atom. The number of aryl methyl sites for hydroxylation is 1. The first-order chi connectivity index (χ1) is 15.4. The smallest absolute Gasteiger partial charge is 0.430 e. The molecule has 0 unspecified atom stereocenters. The third kappa shape index (κ3) is 9.51. The summed E-state index contributed by atoms with van der Waals surface area (Å²) in [4.78, 5) is 20.6. The Morgan fingerprint density at radius 1 is 1.27 bits per heavy atom. The van der Waals surface area contributed by atoms with Crippen LogP contribution in [0.15, 0.2) is 18.2 Å². The van der Waals surface area contributed by atoms with Gasteiger partial charge in [0.2, 0.25) is 0 Å². The van der Waals surface area contributed by atoms with Gasteiger partial charge in [0.15, 0.2) is 5.82 Å². The summed E-state index contributed by atoms with van der Waals surface area (Å²) >= 11 is 0. The summed E-state index contributed by atoms with van der Waals surface area (Å²) in [7, 11) is 0. The average Bonchev–Trinajstić information content (AvgIpc) is 3.24.